The molecule has 0 radical (unpaired) electrons. The first kappa shape index (κ1) is 10.8. The van der Waals surface area contributed by atoms with Gasteiger partial charge in [-0.1, -0.05) is 29.8 Å². The lowest BCUT2D eigenvalue weighted by atomic mass is 10.1. The first-order valence-electron chi connectivity index (χ1n) is 5.81. The molecule has 1 amide bonds. The topological polar surface area (TPSA) is 59.0 Å². The molecule has 2 heterocycles. The monoisotopic (exact) mass is 242 g/mol. The molecule has 0 saturated heterocycles. The third kappa shape index (κ3) is 1.64. The van der Waals surface area contributed by atoms with Crippen molar-refractivity contribution in [2.24, 2.45) is 7.05 Å². The van der Waals surface area contributed by atoms with Gasteiger partial charge in [-0.3, -0.25) is 9.48 Å². The van der Waals surface area contributed by atoms with Crippen LogP contribution in [0.5, 0.6) is 0 Å². The number of carbonyl (C=O) groups is 1. The van der Waals surface area contributed by atoms with Crippen molar-refractivity contribution in [2.75, 3.05) is 5.32 Å². The molecule has 1 aliphatic heterocycles. The molecule has 1 unspecified atom stereocenters. The predicted molar refractivity (Wildman–Crippen MR) is 68.2 cm³/mol. The summed E-state index contributed by atoms with van der Waals surface area (Å²) in [5.41, 5.74) is 3.55. The summed E-state index contributed by atoms with van der Waals surface area (Å²) in [7, 11) is 1.76. The smallest absolute Gasteiger partial charge is 0.273 e. The number of aryl methyl sites for hydroxylation is 2. The second-order valence-electron chi connectivity index (χ2n) is 4.50. The molecule has 0 spiro atoms. The van der Waals surface area contributed by atoms with Gasteiger partial charge in [0.25, 0.3) is 5.91 Å². The van der Waals surface area contributed by atoms with Crippen LogP contribution in [0.1, 0.15) is 27.8 Å². The molecule has 3 rings (SSSR count). The Labute approximate surface area is 105 Å². The zero-order valence-electron chi connectivity index (χ0n) is 10.3. The highest BCUT2D eigenvalue weighted by molar-refractivity contribution is 6.00. The fraction of sp³-hybridized carbons (Fsp3) is 0.231. The number of hydrogen-bond donors (Lipinski definition) is 2. The zero-order valence-corrected chi connectivity index (χ0v) is 10.3. The third-order valence-electron chi connectivity index (χ3n) is 3.10. The van der Waals surface area contributed by atoms with Gasteiger partial charge in [0.1, 0.15) is 11.9 Å². The molecule has 18 heavy (non-hydrogen) atoms. The van der Waals surface area contributed by atoms with E-state index in [-0.39, 0.29) is 12.1 Å². The molecule has 0 bridgehead atoms. The lowest BCUT2D eigenvalue weighted by molar-refractivity contribution is 0.0926. The Kier molecular flexibility index (Phi) is 2.33. The van der Waals surface area contributed by atoms with Gasteiger partial charge in [0, 0.05) is 7.05 Å². The Balaban J connectivity index is 1.97. The van der Waals surface area contributed by atoms with Crippen molar-refractivity contribution < 1.29 is 4.79 Å². The van der Waals surface area contributed by atoms with Gasteiger partial charge in [-0.15, -0.1) is 0 Å². The molecule has 92 valence electrons. The minimum atomic E-state index is -0.200. The number of anilines is 1. The predicted octanol–water partition coefficient (Wildman–Crippen LogP) is 1.58. The molecule has 5 heteroatoms. The average molecular weight is 242 g/mol. The Morgan fingerprint density at radius 3 is 2.94 bits per heavy atom. The number of hydrogen-bond acceptors (Lipinski definition) is 3. The van der Waals surface area contributed by atoms with E-state index in [1.165, 1.54) is 5.56 Å². The molecule has 0 aliphatic carbocycles. The highest BCUT2D eigenvalue weighted by Crippen LogP contribution is 2.26. The van der Waals surface area contributed by atoms with Crippen molar-refractivity contribution in [3.05, 3.63) is 47.3 Å². The van der Waals surface area contributed by atoms with Gasteiger partial charge >= 0.3 is 0 Å². The van der Waals surface area contributed by atoms with E-state index in [2.05, 4.69) is 21.8 Å². The number of benzene rings is 1. The maximum Gasteiger partial charge on any atom is 0.273 e. The SMILES string of the molecule is Cc1cccc(C2NC(=O)c3c(cnn3C)N2)c1. The Morgan fingerprint density at radius 1 is 1.33 bits per heavy atom. The van der Waals surface area contributed by atoms with Crippen LogP contribution in [0.3, 0.4) is 0 Å². The average Bonchev–Trinajstić information content (AvgIpc) is 2.71. The number of amides is 1. The van der Waals surface area contributed by atoms with Gasteiger partial charge in [-0.2, -0.15) is 5.10 Å². The third-order valence-corrected chi connectivity index (χ3v) is 3.10. The fourth-order valence-corrected chi connectivity index (χ4v) is 2.22. The maximum atomic E-state index is 12.0. The molecule has 0 fully saturated rings. The number of nitrogens with one attached hydrogen (secondary N) is 2. The van der Waals surface area contributed by atoms with E-state index in [9.17, 15) is 4.79 Å². The van der Waals surface area contributed by atoms with Crippen molar-refractivity contribution in [2.45, 2.75) is 13.1 Å². The van der Waals surface area contributed by atoms with Crippen molar-refractivity contribution in [3.63, 3.8) is 0 Å². The van der Waals surface area contributed by atoms with Crippen LogP contribution in [0.2, 0.25) is 0 Å². The molecule has 2 N–H and O–H groups in total. The van der Waals surface area contributed by atoms with Crippen LogP contribution in [-0.2, 0) is 7.05 Å². The lowest BCUT2D eigenvalue weighted by Crippen LogP contribution is -2.39. The van der Waals surface area contributed by atoms with E-state index in [0.29, 0.717) is 5.69 Å². The van der Waals surface area contributed by atoms with Crippen LogP contribution < -0.4 is 10.6 Å². The molecule has 5 nitrogen and oxygen atoms in total. The Hall–Kier alpha value is -2.30. The van der Waals surface area contributed by atoms with Crippen LogP contribution in [0.4, 0.5) is 5.69 Å². The minimum absolute atomic E-state index is 0.102. The maximum absolute atomic E-state index is 12.0. The van der Waals surface area contributed by atoms with Gasteiger partial charge in [0.2, 0.25) is 0 Å². The van der Waals surface area contributed by atoms with Crippen LogP contribution in [-0.4, -0.2) is 15.7 Å². The highest BCUT2D eigenvalue weighted by Gasteiger charge is 2.27. The quantitative estimate of drug-likeness (QED) is 0.798. The lowest BCUT2D eigenvalue weighted by Gasteiger charge is -2.26. The number of rotatable bonds is 1. The summed E-state index contributed by atoms with van der Waals surface area (Å²) in [6.07, 6.45) is 1.48. The fourth-order valence-electron chi connectivity index (χ4n) is 2.22. The van der Waals surface area contributed by atoms with Gasteiger partial charge in [0.05, 0.1) is 11.9 Å². The van der Waals surface area contributed by atoms with Crippen LogP contribution in [0, 0.1) is 6.92 Å². The van der Waals surface area contributed by atoms with E-state index in [0.717, 1.165) is 11.3 Å². The van der Waals surface area contributed by atoms with Crippen molar-refractivity contribution >= 4 is 11.6 Å². The summed E-state index contributed by atoms with van der Waals surface area (Å²) < 4.78 is 1.57. The van der Waals surface area contributed by atoms with Gasteiger partial charge in [0.15, 0.2) is 0 Å². The molecule has 1 aromatic carbocycles. The summed E-state index contributed by atoms with van der Waals surface area (Å²) in [5, 5.41) is 10.3. The molecule has 2 aromatic rings. The van der Waals surface area contributed by atoms with Gasteiger partial charge in [-0.05, 0) is 12.5 Å². The van der Waals surface area contributed by atoms with E-state index >= 15 is 0 Å². The summed E-state index contributed by atoms with van der Waals surface area (Å²) in [5.74, 6) is -0.102. The number of nitrogens with zero attached hydrogens (tertiary/aromatic N) is 2. The molecule has 1 atom stereocenters. The number of carbonyl (C=O) groups excluding carboxylic acids is 1. The Bertz CT molecular complexity index is 617. The normalized spacial score (nSPS) is 17.9. The molecule has 0 saturated carbocycles. The summed E-state index contributed by atoms with van der Waals surface area (Å²) in [4.78, 5) is 12.0. The van der Waals surface area contributed by atoms with E-state index in [4.69, 9.17) is 0 Å². The van der Waals surface area contributed by atoms with E-state index in [1.807, 2.05) is 25.1 Å². The number of fused-ring (bicyclic) bond motifs is 1. The Morgan fingerprint density at radius 2 is 2.17 bits per heavy atom. The van der Waals surface area contributed by atoms with Gasteiger partial charge < -0.3 is 10.6 Å². The van der Waals surface area contributed by atoms with Gasteiger partial charge in [-0.25, -0.2) is 0 Å². The first-order valence-corrected chi connectivity index (χ1v) is 5.81. The highest BCUT2D eigenvalue weighted by atomic mass is 16.2. The molecule has 1 aromatic heterocycles. The zero-order chi connectivity index (χ0) is 12.7. The van der Waals surface area contributed by atoms with Crippen molar-refractivity contribution in [3.8, 4) is 0 Å². The molecule has 1 aliphatic rings. The van der Waals surface area contributed by atoms with E-state index in [1.54, 1.807) is 17.9 Å². The van der Waals surface area contributed by atoms with Crippen LogP contribution >= 0.6 is 0 Å². The van der Waals surface area contributed by atoms with Crippen molar-refractivity contribution in [1.29, 1.82) is 0 Å². The van der Waals surface area contributed by atoms with Crippen molar-refractivity contribution in [1.82, 2.24) is 15.1 Å². The first-order chi connectivity index (χ1) is 8.65. The summed E-state index contributed by atoms with van der Waals surface area (Å²) in [6, 6.07) is 8.06. The van der Waals surface area contributed by atoms with Crippen LogP contribution in [0.15, 0.2) is 30.5 Å². The van der Waals surface area contributed by atoms with E-state index < -0.39 is 0 Å². The minimum Gasteiger partial charge on any atom is -0.358 e. The summed E-state index contributed by atoms with van der Waals surface area (Å²) in [6.45, 7) is 2.03. The number of aromatic nitrogens is 2. The largest absolute Gasteiger partial charge is 0.358 e. The standard InChI is InChI=1S/C13H14N4O/c1-8-4-3-5-9(6-8)12-15-10-7-14-17(2)11(10)13(18)16-12/h3-7,12,15H,1-2H3,(H,16,18). The second-order valence-corrected chi connectivity index (χ2v) is 4.50. The summed E-state index contributed by atoms with van der Waals surface area (Å²) >= 11 is 0. The molecular weight excluding hydrogens is 228 g/mol. The molecular formula is C13H14N4O. The van der Waals surface area contributed by atoms with Crippen LogP contribution in [0.25, 0.3) is 0 Å². The second kappa shape index (κ2) is 3.87.